The van der Waals surface area contributed by atoms with Crippen molar-refractivity contribution in [3.05, 3.63) is 29.8 Å². The molecule has 6 heteroatoms. The van der Waals surface area contributed by atoms with E-state index < -0.39 is 5.54 Å². The van der Waals surface area contributed by atoms with Gasteiger partial charge in [0.2, 0.25) is 5.91 Å². The molecule has 1 saturated carbocycles. The van der Waals surface area contributed by atoms with Crippen molar-refractivity contribution in [2.75, 3.05) is 32.1 Å². The smallest absolute Gasteiger partial charge is 0.325 e. The first-order valence-corrected chi connectivity index (χ1v) is 9.08. The third-order valence-electron chi connectivity index (χ3n) is 6.37. The van der Waals surface area contributed by atoms with E-state index in [4.69, 9.17) is 5.73 Å². The number of carbonyl (C=O) groups excluding carboxylic acids is 2. The highest BCUT2D eigenvalue weighted by Gasteiger charge is 2.55. The van der Waals surface area contributed by atoms with E-state index in [0.29, 0.717) is 19.5 Å². The Kier molecular flexibility index (Phi) is 3.58. The van der Waals surface area contributed by atoms with Crippen LogP contribution in [0.3, 0.4) is 0 Å². The average molecular weight is 342 g/mol. The minimum atomic E-state index is -0.838. The van der Waals surface area contributed by atoms with Gasteiger partial charge < -0.3 is 10.6 Å². The van der Waals surface area contributed by atoms with Crippen LogP contribution in [0.25, 0.3) is 0 Å². The molecule has 1 aliphatic carbocycles. The van der Waals surface area contributed by atoms with Gasteiger partial charge in [0.1, 0.15) is 5.54 Å². The van der Waals surface area contributed by atoms with Gasteiger partial charge in [0.25, 0.3) is 0 Å². The van der Waals surface area contributed by atoms with Gasteiger partial charge in [0.05, 0.1) is 6.54 Å². The second-order valence-electron chi connectivity index (χ2n) is 7.85. The van der Waals surface area contributed by atoms with Gasteiger partial charge in [-0.3, -0.25) is 14.6 Å². The fraction of sp³-hybridized carbons (Fsp3) is 0.579. The lowest BCUT2D eigenvalue weighted by Gasteiger charge is -2.37. The zero-order valence-corrected chi connectivity index (χ0v) is 15.0. The molecular formula is C19H26N4O2. The van der Waals surface area contributed by atoms with Crippen LogP contribution in [0.2, 0.25) is 0 Å². The number of urea groups is 1. The van der Waals surface area contributed by atoms with Gasteiger partial charge in [0, 0.05) is 17.8 Å². The highest BCUT2D eigenvalue weighted by atomic mass is 16.2. The number of primary amides is 1. The van der Waals surface area contributed by atoms with E-state index in [1.165, 1.54) is 18.4 Å². The van der Waals surface area contributed by atoms with Crippen molar-refractivity contribution >= 4 is 17.6 Å². The normalized spacial score (nSPS) is 27.6. The summed E-state index contributed by atoms with van der Waals surface area (Å²) in [7, 11) is 4.22. The SMILES string of the molecule is CN(C)C1(c2ccc(N3C[C@@]4(C(N)=O)CCCCN4C3=O)cc2)CC1. The summed E-state index contributed by atoms with van der Waals surface area (Å²) < 4.78 is 0. The van der Waals surface area contributed by atoms with E-state index in [1.807, 2.05) is 12.1 Å². The van der Waals surface area contributed by atoms with Crippen molar-refractivity contribution in [2.24, 2.45) is 5.73 Å². The summed E-state index contributed by atoms with van der Waals surface area (Å²) in [5, 5.41) is 0. The predicted molar refractivity (Wildman–Crippen MR) is 96.3 cm³/mol. The third-order valence-corrected chi connectivity index (χ3v) is 6.37. The predicted octanol–water partition coefficient (Wildman–Crippen LogP) is 1.89. The van der Waals surface area contributed by atoms with Gasteiger partial charge in [-0.05, 0) is 63.9 Å². The molecule has 2 aliphatic heterocycles. The van der Waals surface area contributed by atoms with Gasteiger partial charge in [-0.2, -0.15) is 0 Å². The number of hydrogen-bond donors (Lipinski definition) is 1. The maximum absolute atomic E-state index is 12.9. The molecule has 2 saturated heterocycles. The Labute approximate surface area is 148 Å². The van der Waals surface area contributed by atoms with Gasteiger partial charge >= 0.3 is 6.03 Å². The Hall–Kier alpha value is -2.08. The number of hydrogen-bond acceptors (Lipinski definition) is 3. The van der Waals surface area contributed by atoms with Crippen molar-refractivity contribution in [2.45, 2.75) is 43.2 Å². The number of anilines is 1. The molecule has 4 rings (SSSR count). The molecule has 0 aromatic heterocycles. The summed E-state index contributed by atoms with van der Waals surface area (Å²) in [6, 6.07) is 8.14. The Morgan fingerprint density at radius 1 is 1.12 bits per heavy atom. The molecule has 134 valence electrons. The van der Waals surface area contributed by atoms with Crippen molar-refractivity contribution in [1.29, 1.82) is 0 Å². The topological polar surface area (TPSA) is 69.9 Å². The first-order valence-electron chi connectivity index (χ1n) is 9.08. The number of benzene rings is 1. The number of amides is 3. The third kappa shape index (κ3) is 2.27. The molecule has 0 bridgehead atoms. The number of nitrogens with two attached hydrogens (primary N) is 1. The molecule has 0 radical (unpaired) electrons. The molecule has 2 heterocycles. The summed E-state index contributed by atoms with van der Waals surface area (Å²) in [5.74, 6) is -0.385. The van der Waals surface area contributed by atoms with E-state index >= 15 is 0 Å². The van der Waals surface area contributed by atoms with E-state index in [9.17, 15) is 9.59 Å². The Bertz CT molecular complexity index is 711. The molecule has 0 spiro atoms. The van der Waals surface area contributed by atoms with Gasteiger partial charge in [-0.1, -0.05) is 12.1 Å². The standard InChI is InChI=1S/C19H26N4O2/c1-21(2)18(10-11-18)14-5-7-15(8-6-14)22-13-19(16(20)24)9-3-4-12-23(19)17(22)25/h5-8H,3-4,9-13H2,1-2H3,(H2,20,24)/t19-/m1/s1. The molecule has 2 N–H and O–H groups in total. The number of piperidine rings is 1. The molecule has 1 atom stereocenters. The van der Waals surface area contributed by atoms with E-state index in [-0.39, 0.29) is 17.5 Å². The van der Waals surface area contributed by atoms with Crippen molar-refractivity contribution < 1.29 is 9.59 Å². The zero-order valence-electron chi connectivity index (χ0n) is 15.0. The van der Waals surface area contributed by atoms with Crippen LogP contribution >= 0.6 is 0 Å². The highest BCUT2D eigenvalue weighted by Crippen LogP contribution is 2.50. The molecular weight excluding hydrogens is 316 g/mol. The molecule has 25 heavy (non-hydrogen) atoms. The zero-order chi connectivity index (χ0) is 17.8. The maximum Gasteiger partial charge on any atom is 0.325 e. The Balaban J connectivity index is 1.62. The fourth-order valence-corrected chi connectivity index (χ4v) is 4.55. The van der Waals surface area contributed by atoms with Crippen LogP contribution in [0.15, 0.2) is 24.3 Å². The first-order chi connectivity index (χ1) is 11.9. The minimum Gasteiger partial charge on any atom is -0.368 e. The van der Waals surface area contributed by atoms with Crippen LogP contribution < -0.4 is 10.6 Å². The minimum absolute atomic E-state index is 0.0972. The Morgan fingerprint density at radius 3 is 2.32 bits per heavy atom. The van der Waals surface area contributed by atoms with Crippen LogP contribution in [0, 0.1) is 0 Å². The number of rotatable bonds is 4. The summed E-state index contributed by atoms with van der Waals surface area (Å²) in [4.78, 5) is 30.7. The molecule has 1 aromatic carbocycles. The van der Waals surface area contributed by atoms with Gasteiger partial charge in [-0.15, -0.1) is 0 Å². The first kappa shape index (κ1) is 16.4. The second-order valence-corrected chi connectivity index (χ2v) is 7.85. The van der Waals surface area contributed by atoms with Crippen molar-refractivity contribution in [3.63, 3.8) is 0 Å². The lowest BCUT2D eigenvalue weighted by atomic mass is 9.87. The van der Waals surface area contributed by atoms with E-state index in [1.54, 1.807) is 9.80 Å². The molecule has 3 amide bonds. The molecule has 6 nitrogen and oxygen atoms in total. The quantitative estimate of drug-likeness (QED) is 0.908. The summed E-state index contributed by atoms with van der Waals surface area (Å²) in [5.41, 5.74) is 7.15. The van der Waals surface area contributed by atoms with Crippen LogP contribution in [0.4, 0.5) is 10.5 Å². The highest BCUT2D eigenvalue weighted by molar-refractivity contribution is 6.02. The summed E-state index contributed by atoms with van der Waals surface area (Å²) in [6.45, 7) is 0.972. The van der Waals surface area contributed by atoms with Crippen LogP contribution in [0.5, 0.6) is 0 Å². The largest absolute Gasteiger partial charge is 0.368 e. The number of fused-ring (bicyclic) bond motifs is 1. The molecule has 3 fully saturated rings. The molecule has 1 aromatic rings. The monoisotopic (exact) mass is 342 g/mol. The summed E-state index contributed by atoms with van der Waals surface area (Å²) >= 11 is 0. The van der Waals surface area contributed by atoms with Crippen LogP contribution in [0.1, 0.15) is 37.7 Å². The van der Waals surface area contributed by atoms with Gasteiger partial charge in [-0.25, -0.2) is 4.79 Å². The lowest BCUT2D eigenvalue weighted by molar-refractivity contribution is -0.128. The maximum atomic E-state index is 12.9. The van der Waals surface area contributed by atoms with Crippen molar-refractivity contribution in [3.8, 4) is 0 Å². The van der Waals surface area contributed by atoms with Crippen LogP contribution in [-0.2, 0) is 10.3 Å². The molecule has 0 unspecified atom stereocenters. The Morgan fingerprint density at radius 2 is 1.80 bits per heavy atom. The van der Waals surface area contributed by atoms with Gasteiger partial charge in [0.15, 0.2) is 0 Å². The fourth-order valence-electron chi connectivity index (χ4n) is 4.55. The van der Waals surface area contributed by atoms with Crippen LogP contribution in [-0.4, -0.2) is 54.5 Å². The lowest BCUT2D eigenvalue weighted by Crippen LogP contribution is -2.58. The average Bonchev–Trinajstić information content (AvgIpc) is 3.36. The second kappa shape index (κ2) is 5.46. The molecule has 3 aliphatic rings. The van der Waals surface area contributed by atoms with E-state index in [2.05, 4.69) is 31.1 Å². The van der Waals surface area contributed by atoms with Crippen molar-refractivity contribution in [1.82, 2.24) is 9.80 Å². The van der Waals surface area contributed by atoms with E-state index in [0.717, 1.165) is 18.5 Å². The number of carbonyl (C=O) groups is 2. The number of nitrogens with zero attached hydrogens (tertiary/aromatic N) is 3. The summed E-state index contributed by atoms with van der Waals surface area (Å²) in [6.07, 6.45) is 4.86.